The van der Waals surface area contributed by atoms with Crippen LogP contribution in [0, 0.1) is 6.92 Å². The Labute approximate surface area is 114 Å². The molecule has 2 rings (SSSR count). The Morgan fingerprint density at radius 1 is 1.47 bits per heavy atom. The van der Waals surface area contributed by atoms with Crippen LogP contribution in [0.4, 0.5) is 5.69 Å². The van der Waals surface area contributed by atoms with E-state index in [1.165, 1.54) is 19.3 Å². The molecule has 4 heteroatoms. The van der Waals surface area contributed by atoms with Crippen LogP contribution in [-0.2, 0) is 0 Å². The van der Waals surface area contributed by atoms with Crippen LogP contribution < -0.4 is 5.32 Å². The fourth-order valence-electron chi connectivity index (χ4n) is 2.62. The normalized spacial score (nSPS) is 20.2. The van der Waals surface area contributed by atoms with E-state index in [2.05, 4.69) is 17.3 Å². The molecule has 0 amide bonds. The maximum absolute atomic E-state index is 11.2. The molecule has 1 atom stereocenters. The number of nitrogens with zero attached hydrogens (tertiary/aromatic N) is 1. The van der Waals surface area contributed by atoms with E-state index in [1.807, 2.05) is 19.1 Å². The van der Waals surface area contributed by atoms with Crippen LogP contribution in [0.3, 0.4) is 0 Å². The van der Waals surface area contributed by atoms with Gasteiger partial charge in [-0.2, -0.15) is 0 Å². The number of hydrogen-bond acceptors (Lipinski definition) is 3. The smallest absolute Gasteiger partial charge is 0.337 e. The fourth-order valence-corrected chi connectivity index (χ4v) is 2.62. The van der Waals surface area contributed by atoms with Crippen LogP contribution >= 0.6 is 0 Å². The van der Waals surface area contributed by atoms with E-state index in [0.29, 0.717) is 11.6 Å². The summed E-state index contributed by atoms with van der Waals surface area (Å²) in [5, 5.41) is 12.5. The highest BCUT2D eigenvalue weighted by Crippen LogP contribution is 2.20. The van der Waals surface area contributed by atoms with Gasteiger partial charge in [0.1, 0.15) is 0 Å². The van der Waals surface area contributed by atoms with Crippen molar-refractivity contribution in [2.24, 2.45) is 0 Å². The number of likely N-dealkylation sites (N-methyl/N-ethyl adjacent to an activating group) is 1. The number of carbonyl (C=O) groups is 1. The Morgan fingerprint density at radius 2 is 2.26 bits per heavy atom. The summed E-state index contributed by atoms with van der Waals surface area (Å²) < 4.78 is 0. The van der Waals surface area contributed by atoms with Crippen molar-refractivity contribution in [1.29, 1.82) is 0 Å². The Morgan fingerprint density at radius 3 is 2.95 bits per heavy atom. The molecule has 0 aromatic heterocycles. The van der Waals surface area contributed by atoms with Crippen molar-refractivity contribution in [2.75, 3.05) is 25.5 Å². The summed E-state index contributed by atoms with van der Waals surface area (Å²) in [6.45, 7) is 3.91. The van der Waals surface area contributed by atoms with Crippen LogP contribution in [0.5, 0.6) is 0 Å². The Balaban J connectivity index is 2.05. The third-order valence-electron chi connectivity index (χ3n) is 3.86. The highest BCUT2D eigenvalue weighted by atomic mass is 16.4. The van der Waals surface area contributed by atoms with Gasteiger partial charge in [-0.15, -0.1) is 0 Å². The van der Waals surface area contributed by atoms with Crippen LogP contribution in [0.2, 0.25) is 0 Å². The van der Waals surface area contributed by atoms with E-state index < -0.39 is 5.97 Å². The second-order valence-electron chi connectivity index (χ2n) is 5.37. The van der Waals surface area contributed by atoms with Crippen LogP contribution in [0.15, 0.2) is 18.2 Å². The molecule has 1 aromatic carbocycles. The van der Waals surface area contributed by atoms with Gasteiger partial charge in [0.25, 0.3) is 0 Å². The zero-order chi connectivity index (χ0) is 13.8. The summed E-state index contributed by atoms with van der Waals surface area (Å²) in [6, 6.07) is 5.91. The lowest BCUT2D eigenvalue weighted by Gasteiger charge is -2.32. The minimum atomic E-state index is -0.875. The summed E-state index contributed by atoms with van der Waals surface area (Å²) in [5.41, 5.74) is 2.15. The number of likely N-dealkylation sites (tertiary alicyclic amines) is 1. The first-order valence-electron chi connectivity index (χ1n) is 6.86. The maximum Gasteiger partial charge on any atom is 0.337 e. The molecule has 0 saturated carbocycles. The lowest BCUT2D eigenvalue weighted by Crippen LogP contribution is -2.40. The molecule has 1 aliphatic heterocycles. The van der Waals surface area contributed by atoms with Gasteiger partial charge < -0.3 is 15.3 Å². The van der Waals surface area contributed by atoms with Crippen molar-refractivity contribution in [1.82, 2.24) is 4.90 Å². The molecule has 104 valence electrons. The number of benzene rings is 1. The number of anilines is 1. The second kappa shape index (κ2) is 6.06. The van der Waals surface area contributed by atoms with Gasteiger partial charge in [-0.1, -0.05) is 12.5 Å². The van der Waals surface area contributed by atoms with Gasteiger partial charge in [0, 0.05) is 18.3 Å². The molecular weight excluding hydrogens is 240 g/mol. The monoisotopic (exact) mass is 262 g/mol. The number of hydrogen-bond donors (Lipinski definition) is 2. The zero-order valence-electron chi connectivity index (χ0n) is 11.6. The molecular formula is C15H22N2O2. The summed E-state index contributed by atoms with van der Waals surface area (Å²) >= 11 is 0. The molecule has 1 aliphatic rings. The van der Waals surface area contributed by atoms with E-state index >= 15 is 0 Å². The van der Waals surface area contributed by atoms with Crippen molar-refractivity contribution >= 4 is 11.7 Å². The average Bonchev–Trinajstić information content (AvgIpc) is 2.37. The number of carboxylic acid groups (broad SMARTS) is 1. The SMILES string of the molecule is Cc1ccc(C(=O)O)c(NCC2CCCCN2C)c1. The molecule has 1 aromatic rings. The van der Waals surface area contributed by atoms with Gasteiger partial charge >= 0.3 is 5.97 Å². The van der Waals surface area contributed by atoms with Gasteiger partial charge in [-0.05, 0) is 51.1 Å². The first-order chi connectivity index (χ1) is 9.08. The second-order valence-corrected chi connectivity index (χ2v) is 5.37. The van der Waals surface area contributed by atoms with E-state index in [4.69, 9.17) is 0 Å². The molecule has 2 N–H and O–H groups in total. The molecule has 1 saturated heterocycles. The van der Waals surface area contributed by atoms with E-state index in [1.54, 1.807) is 6.07 Å². The number of aryl methyl sites for hydroxylation is 1. The minimum Gasteiger partial charge on any atom is -0.478 e. The molecule has 1 heterocycles. The molecule has 0 bridgehead atoms. The maximum atomic E-state index is 11.2. The Hall–Kier alpha value is -1.55. The van der Waals surface area contributed by atoms with Crippen LogP contribution in [0.1, 0.15) is 35.2 Å². The van der Waals surface area contributed by atoms with Crippen LogP contribution in [0.25, 0.3) is 0 Å². The van der Waals surface area contributed by atoms with Crippen molar-refractivity contribution in [3.63, 3.8) is 0 Å². The first-order valence-corrected chi connectivity index (χ1v) is 6.86. The van der Waals surface area contributed by atoms with Gasteiger partial charge in [0.2, 0.25) is 0 Å². The highest BCUT2D eigenvalue weighted by Gasteiger charge is 2.19. The Kier molecular flexibility index (Phi) is 4.43. The number of aromatic carboxylic acids is 1. The summed E-state index contributed by atoms with van der Waals surface area (Å²) in [4.78, 5) is 13.6. The van der Waals surface area contributed by atoms with Crippen molar-refractivity contribution in [3.05, 3.63) is 29.3 Å². The highest BCUT2D eigenvalue weighted by molar-refractivity contribution is 5.94. The third-order valence-corrected chi connectivity index (χ3v) is 3.86. The number of rotatable bonds is 4. The van der Waals surface area contributed by atoms with Gasteiger partial charge in [-0.3, -0.25) is 0 Å². The van der Waals surface area contributed by atoms with Gasteiger partial charge in [-0.25, -0.2) is 4.79 Å². The first kappa shape index (κ1) is 13.9. The van der Waals surface area contributed by atoms with Crippen LogP contribution in [-0.4, -0.2) is 42.2 Å². The molecule has 19 heavy (non-hydrogen) atoms. The fraction of sp³-hybridized carbons (Fsp3) is 0.533. The summed E-state index contributed by atoms with van der Waals surface area (Å²) in [7, 11) is 2.14. The largest absolute Gasteiger partial charge is 0.478 e. The standard InChI is InChI=1S/C15H22N2O2/c1-11-6-7-13(15(18)19)14(9-11)16-10-12-5-3-4-8-17(12)2/h6-7,9,12,16H,3-5,8,10H2,1-2H3,(H,18,19). The van der Waals surface area contributed by atoms with Crippen molar-refractivity contribution in [2.45, 2.75) is 32.2 Å². The predicted octanol–water partition coefficient (Wildman–Crippen LogP) is 2.59. The molecule has 0 radical (unpaired) electrons. The van der Waals surface area contributed by atoms with Crippen molar-refractivity contribution < 1.29 is 9.90 Å². The number of piperidine rings is 1. The van der Waals surface area contributed by atoms with Gasteiger partial charge in [0.15, 0.2) is 0 Å². The predicted molar refractivity (Wildman–Crippen MR) is 76.9 cm³/mol. The lowest BCUT2D eigenvalue weighted by atomic mass is 10.0. The van der Waals surface area contributed by atoms with E-state index in [-0.39, 0.29) is 0 Å². The zero-order valence-corrected chi connectivity index (χ0v) is 11.6. The molecule has 4 nitrogen and oxygen atoms in total. The van der Waals surface area contributed by atoms with E-state index in [9.17, 15) is 9.90 Å². The molecule has 1 unspecified atom stereocenters. The lowest BCUT2D eigenvalue weighted by molar-refractivity contribution is 0.0698. The average molecular weight is 262 g/mol. The number of carboxylic acids is 1. The quantitative estimate of drug-likeness (QED) is 0.875. The van der Waals surface area contributed by atoms with Crippen molar-refractivity contribution in [3.8, 4) is 0 Å². The van der Waals surface area contributed by atoms with Gasteiger partial charge in [0.05, 0.1) is 5.56 Å². The molecule has 0 aliphatic carbocycles. The molecule has 1 fully saturated rings. The molecule has 0 spiro atoms. The number of nitrogens with one attached hydrogen (secondary N) is 1. The Bertz CT molecular complexity index is 459. The summed E-state index contributed by atoms with van der Waals surface area (Å²) in [5.74, 6) is -0.875. The minimum absolute atomic E-state index is 0.351. The topological polar surface area (TPSA) is 52.6 Å². The summed E-state index contributed by atoms with van der Waals surface area (Å²) in [6.07, 6.45) is 3.70. The third kappa shape index (κ3) is 3.47. The van der Waals surface area contributed by atoms with E-state index in [0.717, 1.165) is 24.3 Å².